The van der Waals surface area contributed by atoms with Crippen LogP contribution in [-0.2, 0) is 4.62 Å². The minimum absolute atomic E-state index is 0. The molecule has 0 radical (unpaired) electrons. The first-order chi connectivity index (χ1) is 12.1. The van der Waals surface area contributed by atoms with Crippen molar-refractivity contribution in [3.05, 3.63) is 75.9 Å². The van der Waals surface area contributed by atoms with Gasteiger partial charge in [-0.15, -0.1) is 51.9 Å². The number of hydrogen-bond acceptors (Lipinski definition) is 6. The van der Waals surface area contributed by atoms with Gasteiger partial charge in [0.15, 0.2) is 0 Å². The van der Waals surface area contributed by atoms with Crippen molar-refractivity contribution in [2.45, 2.75) is 0 Å². The van der Waals surface area contributed by atoms with Crippen LogP contribution in [0.25, 0.3) is 0 Å². The molecule has 0 saturated carbocycles. The van der Waals surface area contributed by atoms with E-state index >= 15 is 0 Å². The standard InChI is InChI=1S/C18H31N4O2P.ClH/c1-7-13-19(14-8-2)22(20(15-9-3)16-10-4)25(23)24-21(17-11-5)18-12-6;/h7-12,23H,1-6,13-18H2;1H. The topological polar surface area (TPSA) is 42.4 Å². The lowest BCUT2D eigenvalue weighted by molar-refractivity contribution is -0.128. The summed E-state index contributed by atoms with van der Waals surface area (Å²) in [6.07, 6.45) is 10.4. The number of rotatable bonds is 17. The van der Waals surface area contributed by atoms with Gasteiger partial charge in [-0.25, -0.2) is 14.6 Å². The first-order valence-electron chi connectivity index (χ1n) is 7.96. The van der Waals surface area contributed by atoms with Crippen LogP contribution in [0.3, 0.4) is 0 Å². The van der Waals surface area contributed by atoms with Gasteiger partial charge in [0.1, 0.15) is 0 Å². The maximum absolute atomic E-state index is 10.8. The zero-order valence-electron chi connectivity index (χ0n) is 15.4. The Labute approximate surface area is 166 Å². The highest BCUT2D eigenvalue weighted by Crippen LogP contribution is 2.40. The van der Waals surface area contributed by atoms with E-state index in [4.69, 9.17) is 4.62 Å². The fourth-order valence-corrected chi connectivity index (χ4v) is 3.13. The van der Waals surface area contributed by atoms with Gasteiger partial charge >= 0.3 is 8.53 Å². The van der Waals surface area contributed by atoms with Gasteiger partial charge in [-0.2, -0.15) is 5.06 Å². The molecule has 0 amide bonds. The number of hydrogen-bond donors (Lipinski definition) is 1. The third-order valence-electron chi connectivity index (χ3n) is 2.87. The van der Waals surface area contributed by atoms with Gasteiger partial charge in [0.25, 0.3) is 0 Å². The van der Waals surface area contributed by atoms with Crippen molar-refractivity contribution in [3.8, 4) is 0 Å². The van der Waals surface area contributed by atoms with E-state index in [-0.39, 0.29) is 12.4 Å². The third-order valence-corrected chi connectivity index (χ3v) is 4.06. The maximum Gasteiger partial charge on any atom is 0.304 e. The Morgan fingerprint density at radius 1 is 0.654 bits per heavy atom. The van der Waals surface area contributed by atoms with Crippen molar-refractivity contribution >= 4 is 20.9 Å². The fraction of sp³-hybridized carbons (Fsp3) is 0.333. The average Bonchev–Trinajstić information content (AvgIpc) is 2.56. The highest BCUT2D eigenvalue weighted by Gasteiger charge is 2.30. The van der Waals surface area contributed by atoms with E-state index in [0.29, 0.717) is 39.3 Å². The van der Waals surface area contributed by atoms with Crippen LogP contribution >= 0.6 is 20.9 Å². The molecule has 0 aromatic heterocycles. The van der Waals surface area contributed by atoms with Gasteiger partial charge in [0.2, 0.25) is 0 Å². The zero-order valence-corrected chi connectivity index (χ0v) is 17.2. The summed E-state index contributed by atoms with van der Waals surface area (Å²) in [5.41, 5.74) is 0. The van der Waals surface area contributed by atoms with Crippen LogP contribution in [0, 0.1) is 0 Å². The molecule has 1 atom stereocenters. The summed E-state index contributed by atoms with van der Waals surface area (Å²) in [5.74, 6) is 0. The number of hydroxylamine groups is 2. The minimum atomic E-state index is -2.01. The first kappa shape index (κ1) is 27.1. The van der Waals surface area contributed by atoms with Crippen molar-refractivity contribution in [2.24, 2.45) is 0 Å². The molecule has 0 aliphatic carbocycles. The largest absolute Gasteiger partial charge is 0.335 e. The van der Waals surface area contributed by atoms with Crippen LogP contribution in [0.1, 0.15) is 0 Å². The molecular formula is C18H32ClN4O2P. The molecule has 0 aromatic carbocycles. The highest BCUT2D eigenvalue weighted by molar-refractivity contribution is 7.43. The number of nitrogens with zero attached hydrogens (tertiary/aromatic N) is 4. The van der Waals surface area contributed by atoms with Crippen LogP contribution in [0.15, 0.2) is 75.9 Å². The number of halogens is 1. The molecule has 0 heterocycles. The van der Waals surface area contributed by atoms with Crippen molar-refractivity contribution in [2.75, 3.05) is 39.3 Å². The zero-order chi connectivity index (χ0) is 19.1. The van der Waals surface area contributed by atoms with Crippen molar-refractivity contribution in [1.29, 1.82) is 0 Å². The van der Waals surface area contributed by atoms with Crippen LogP contribution < -0.4 is 0 Å². The second-order valence-electron chi connectivity index (χ2n) is 4.92. The molecule has 1 unspecified atom stereocenters. The lowest BCUT2D eigenvalue weighted by Crippen LogP contribution is -2.51. The summed E-state index contributed by atoms with van der Waals surface area (Å²) >= 11 is 0. The molecule has 0 aromatic rings. The molecule has 8 heteroatoms. The summed E-state index contributed by atoms with van der Waals surface area (Å²) in [4.78, 5) is 12.5. The Morgan fingerprint density at radius 2 is 0.962 bits per heavy atom. The Balaban J connectivity index is 0. The summed E-state index contributed by atoms with van der Waals surface area (Å²) < 4.78 is 5.76. The number of hydrazine groups is 2. The summed E-state index contributed by atoms with van der Waals surface area (Å²) in [6.45, 7) is 25.5. The smallest absolute Gasteiger partial charge is 0.304 e. The average molecular weight is 403 g/mol. The summed E-state index contributed by atoms with van der Waals surface area (Å²) in [6, 6.07) is 0. The molecule has 0 spiro atoms. The molecule has 0 aliphatic rings. The third kappa shape index (κ3) is 10.2. The van der Waals surface area contributed by atoms with E-state index in [1.54, 1.807) is 46.4 Å². The quantitative estimate of drug-likeness (QED) is 0.227. The molecule has 1 N–H and O–H groups in total. The lowest BCUT2D eigenvalue weighted by atomic mass is 10.5. The molecule has 148 valence electrons. The molecule has 0 saturated heterocycles. The van der Waals surface area contributed by atoms with E-state index in [2.05, 4.69) is 39.5 Å². The lowest BCUT2D eigenvalue weighted by Gasteiger charge is -2.42. The van der Waals surface area contributed by atoms with Crippen LogP contribution in [0.5, 0.6) is 0 Å². The second-order valence-corrected chi connectivity index (χ2v) is 5.95. The molecule has 0 rings (SSSR count). The van der Waals surface area contributed by atoms with Gasteiger partial charge < -0.3 is 4.89 Å². The Hall–Kier alpha value is -1.08. The second kappa shape index (κ2) is 17.3. The van der Waals surface area contributed by atoms with Crippen molar-refractivity contribution in [3.63, 3.8) is 0 Å². The van der Waals surface area contributed by atoms with Crippen molar-refractivity contribution < 1.29 is 9.52 Å². The monoisotopic (exact) mass is 402 g/mol. The van der Waals surface area contributed by atoms with E-state index in [9.17, 15) is 4.89 Å². The maximum atomic E-state index is 10.8. The van der Waals surface area contributed by atoms with Gasteiger partial charge in [-0.1, -0.05) is 41.3 Å². The first-order valence-corrected chi connectivity index (χ1v) is 9.13. The molecule has 0 aliphatic heterocycles. The van der Waals surface area contributed by atoms with Gasteiger partial charge in [0.05, 0.1) is 0 Å². The predicted molar refractivity (Wildman–Crippen MR) is 115 cm³/mol. The SMILES string of the molecule is C=CCN(CC=C)OP(O)N(N(CC=C)CC=C)N(CC=C)CC=C.Cl. The van der Waals surface area contributed by atoms with Gasteiger partial charge in [-0.3, -0.25) is 0 Å². The van der Waals surface area contributed by atoms with Crippen LogP contribution in [0.2, 0.25) is 0 Å². The Kier molecular flexibility index (Phi) is 18.1. The van der Waals surface area contributed by atoms with E-state index in [0.717, 1.165) is 0 Å². The highest BCUT2D eigenvalue weighted by atomic mass is 35.5. The Bertz CT molecular complexity index is 397. The molecular weight excluding hydrogens is 371 g/mol. The van der Waals surface area contributed by atoms with E-state index < -0.39 is 8.53 Å². The van der Waals surface area contributed by atoms with Crippen LogP contribution in [-0.4, -0.2) is 64.1 Å². The van der Waals surface area contributed by atoms with E-state index in [1.165, 1.54) is 0 Å². The normalized spacial score (nSPS) is 11.9. The van der Waals surface area contributed by atoms with Gasteiger partial charge in [-0.05, 0) is 0 Å². The minimum Gasteiger partial charge on any atom is -0.335 e. The van der Waals surface area contributed by atoms with Gasteiger partial charge in [0, 0.05) is 39.3 Å². The van der Waals surface area contributed by atoms with Crippen LogP contribution in [0.4, 0.5) is 0 Å². The molecule has 0 bridgehead atoms. The summed E-state index contributed by atoms with van der Waals surface area (Å²) in [5, 5.41) is 5.37. The molecule has 26 heavy (non-hydrogen) atoms. The molecule has 0 fully saturated rings. The Morgan fingerprint density at radius 3 is 1.23 bits per heavy atom. The van der Waals surface area contributed by atoms with E-state index in [1.807, 2.05) is 10.0 Å². The summed E-state index contributed by atoms with van der Waals surface area (Å²) in [7, 11) is -2.01. The predicted octanol–water partition coefficient (Wildman–Crippen LogP) is 3.71. The molecule has 6 nitrogen and oxygen atoms in total. The van der Waals surface area contributed by atoms with Crippen molar-refractivity contribution in [1.82, 2.24) is 20.0 Å². The fourth-order valence-electron chi connectivity index (χ4n) is 2.00.